The Morgan fingerprint density at radius 2 is 1.85 bits per heavy atom. The minimum absolute atomic E-state index is 0.119. The molecule has 0 bridgehead atoms. The van der Waals surface area contributed by atoms with E-state index in [-0.39, 0.29) is 12.1 Å². The van der Waals surface area contributed by atoms with Crippen molar-refractivity contribution >= 4 is 11.7 Å². The summed E-state index contributed by atoms with van der Waals surface area (Å²) in [6.07, 6.45) is 0.682. The van der Waals surface area contributed by atoms with E-state index in [0.717, 1.165) is 17.1 Å². The highest BCUT2D eigenvalue weighted by atomic mass is 16.6. The molecule has 7 heteroatoms. The van der Waals surface area contributed by atoms with Gasteiger partial charge < -0.3 is 29.6 Å². The first-order valence-electron chi connectivity index (χ1n) is 8.48. The maximum Gasteiger partial charge on any atom is 0.319 e. The van der Waals surface area contributed by atoms with Crippen LogP contribution < -0.4 is 29.6 Å². The Kier molecular flexibility index (Phi) is 4.43. The van der Waals surface area contributed by atoms with E-state index in [1.165, 1.54) is 0 Å². The molecule has 0 spiro atoms. The van der Waals surface area contributed by atoms with E-state index in [1.807, 2.05) is 18.2 Å². The second kappa shape index (κ2) is 7.03. The van der Waals surface area contributed by atoms with Crippen molar-refractivity contribution in [1.29, 1.82) is 0 Å². The molecule has 2 aromatic carbocycles. The van der Waals surface area contributed by atoms with Gasteiger partial charge in [0.25, 0.3) is 0 Å². The lowest BCUT2D eigenvalue weighted by Gasteiger charge is -2.26. The third-order valence-corrected chi connectivity index (χ3v) is 4.31. The van der Waals surface area contributed by atoms with Gasteiger partial charge in [0, 0.05) is 11.8 Å². The first kappa shape index (κ1) is 16.4. The summed E-state index contributed by atoms with van der Waals surface area (Å²) in [6.45, 7) is 1.47. The molecule has 26 heavy (non-hydrogen) atoms. The molecule has 0 aromatic heterocycles. The molecule has 2 heterocycles. The number of urea groups is 1. The summed E-state index contributed by atoms with van der Waals surface area (Å²) in [4.78, 5) is 12.3. The molecule has 2 aliphatic rings. The summed E-state index contributed by atoms with van der Waals surface area (Å²) in [7, 11) is 1.63. The standard InChI is InChI=1S/C19H20N2O5/c1-23-15-3-5-16-12(9-15)8-14(11-26-16)21-19(22)20-13-2-4-17-18(10-13)25-7-6-24-17/h2-5,9-10,14H,6-8,11H2,1H3,(H2,20,21,22)/t14-/m1/s1. The highest BCUT2D eigenvalue weighted by Crippen LogP contribution is 2.32. The molecule has 0 fully saturated rings. The summed E-state index contributed by atoms with van der Waals surface area (Å²) in [5, 5.41) is 5.76. The Hall–Kier alpha value is -3.09. The van der Waals surface area contributed by atoms with Crippen molar-refractivity contribution in [1.82, 2.24) is 5.32 Å². The number of benzene rings is 2. The Balaban J connectivity index is 1.38. The van der Waals surface area contributed by atoms with Crippen LogP contribution >= 0.6 is 0 Å². The number of carbonyl (C=O) groups excluding carboxylic acids is 1. The molecule has 136 valence electrons. The van der Waals surface area contributed by atoms with Crippen LogP contribution in [-0.2, 0) is 6.42 Å². The summed E-state index contributed by atoms with van der Waals surface area (Å²) >= 11 is 0. The lowest BCUT2D eigenvalue weighted by atomic mass is 10.0. The van der Waals surface area contributed by atoms with Gasteiger partial charge in [-0.15, -0.1) is 0 Å². The van der Waals surface area contributed by atoms with Gasteiger partial charge in [-0.25, -0.2) is 4.79 Å². The molecule has 2 N–H and O–H groups in total. The van der Waals surface area contributed by atoms with Gasteiger partial charge in [-0.2, -0.15) is 0 Å². The Labute approximate surface area is 151 Å². The van der Waals surface area contributed by atoms with Gasteiger partial charge in [0.15, 0.2) is 11.5 Å². The first-order valence-corrected chi connectivity index (χ1v) is 8.48. The predicted octanol–water partition coefficient (Wildman–Crippen LogP) is 2.59. The van der Waals surface area contributed by atoms with Crippen molar-refractivity contribution in [2.75, 3.05) is 32.2 Å². The van der Waals surface area contributed by atoms with Gasteiger partial charge in [-0.05, 0) is 42.3 Å². The van der Waals surface area contributed by atoms with Gasteiger partial charge >= 0.3 is 6.03 Å². The topological polar surface area (TPSA) is 78.1 Å². The van der Waals surface area contributed by atoms with E-state index in [9.17, 15) is 4.79 Å². The van der Waals surface area contributed by atoms with Crippen molar-refractivity contribution < 1.29 is 23.7 Å². The molecular weight excluding hydrogens is 336 g/mol. The Morgan fingerprint density at radius 1 is 1.04 bits per heavy atom. The average Bonchev–Trinajstić information content (AvgIpc) is 2.67. The Bertz CT molecular complexity index is 824. The lowest BCUT2D eigenvalue weighted by Crippen LogP contribution is -2.44. The average molecular weight is 356 g/mol. The number of hydrogen-bond acceptors (Lipinski definition) is 5. The molecule has 2 aliphatic heterocycles. The highest BCUT2D eigenvalue weighted by molar-refractivity contribution is 5.90. The van der Waals surface area contributed by atoms with Crippen molar-refractivity contribution in [3.05, 3.63) is 42.0 Å². The summed E-state index contributed by atoms with van der Waals surface area (Å²) in [6, 6.07) is 10.6. The fraction of sp³-hybridized carbons (Fsp3) is 0.316. The molecule has 0 unspecified atom stereocenters. The fourth-order valence-corrected chi connectivity index (χ4v) is 3.06. The number of carbonyl (C=O) groups is 1. The van der Waals surface area contributed by atoms with Crippen LogP contribution in [0.4, 0.5) is 10.5 Å². The van der Waals surface area contributed by atoms with Crippen LogP contribution in [0.25, 0.3) is 0 Å². The number of nitrogens with one attached hydrogen (secondary N) is 2. The van der Waals surface area contributed by atoms with Gasteiger partial charge in [-0.1, -0.05) is 0 Å². The van der Waals surface area contributed by atoms with Crippen LogP contribution in [0.3, 0.4) is 0 Å². The van der Waals surface area contributed by atoms with Crippen LogP contribution in [0.1, 0.15) is 5.56 Å². The summed E-state index contributed by atoms with van der Waals surface area (Å²) in [5.41, 5.74) is 1.66. The van der Waals surface area contributed by atoms with E-state index < -0.39 is 0 Å². The largest absolute Gasteiger partial charge is 0.497 e. The van der Waals surface area contributed by atoms with E-state index >= 15 is 0 Å². The van der Waals surface area contributed by atoms with Crippen molar-refractivity contribution in [3.63, 3.8) is 0 Å². The molecule has 2 aromatic rings. The monoisotopic (exact) mass is 356 g/mol. The van der Waals surface area contributed by atoms with Gasteiger partial charge in [0.2, 0.25) is 0 Å². The SMILES string of the molecule is COc1ccc2c(c1)C[C@@H](NC(=O)Nc1ccc3c(c1)OCCO3)CO2. The van der Waals surface area contributed by atoms with E-state index in [1.54, 1.807) is 25.3 Å². The second-order valence-electron chi connectivity index (χ2n) is 6.14. The molecule has 7 nitrogen and oxygen atoms in total. The van der Waals surface area contributed by atoms with E-state index in [0.29, 0.717) is 43.4 Å². The van der Waals surface area contributed by atoms with Gasteiger partial charge in [-0.3, -0.25) is 0 Å². The lowest BCUT2D eigenvalue weighted by molar-refractivity contribution is 0.171. The van der Waals surface area contributed by atoms with Crippen molar-refractivity contribution in [2.24, 2.45) is 0 Å². The predicted molar refractivity (Wildman–Crippen MR) is 95.6 cm³/mol. The molecular formula is C19H20N2O5. The maximum absolute atomic E-state index is 12.3. The van der Waals surface area contributed by atoms with Gasteiger partial charge in [0.1, 0.15) is 31.3 Å². The smallest absolute Gasteiger partial charge is 0.319 e. The Morgan fingerprint density at radius 3 is 2.69 bits per heavy atom. The van der Waals surface area contributed by atoms with Crippen LogP contribution in [0, 0.1) is 0 Å². The molecule has 1 atom stereocenters. The number of amides is 2. The number of rotatable bonds is 3. The highest BCUT2D eigenvalue weighted by Gasteiger charge is 2.22. The van der Waals surface area contributed by atoms with Crippen LogP contribution in [0.15, 0.2) is 36.4 Å². The third-order valence-electron chi connectivity index (χ3n) is 4.31. The first-order chi connectivity index (χ1) is 12.7. The van der Waals surface area contributed by atoms with Crippen LogP contribution in [0.5, 0.6) is 23.0 Å². The van der Waals surface area contributed by atoms with Crippen LogP contribution in [-0.4, -0.2) is 39.0 Å². The third kappa shape index (κ3) is 3.46. The number of fused-ring (bicyclic) bond motifs is 2. The molecule has 0 saturated heterocycles. The van der Waals surface area contributed by atoms with Crippen molar-refractivity contribution in [3.8, 4) is 23.0 Å². The quantitative estimate of drug-likeness (QED) is 0.884. The minimum atomic E-state index is -0.290. The maximum atomic E-state index is 12.3. The molecule has 4 rings (SSSR count). The number of anilines is 1. The normalized spacial score (nSPS) is 17.5. The fourth-order valence-electron chi connectivity index (χ4n) is 3.06. The summed E-state index contributed by atoms with van der Waals surface area (Å²) < 4.78 is 22.0. The zero-order valence-electron chi connectivity index (χ0n) is 14.4. The molecule has 0 aliphatic carbocycles. The molecule has 2 amide bonds. The van der Waals surface area contributed by atoms with E-state index in [4.69, 9.17) is 18.9 Å². The zero-order chi connectivity index (χ0) is 17.9. The minimum Gasteiger partial charge on any atom is -0.497 e. The summed E-state index contributed by atoms with van der Waals surface area (Å²) in [5.74, 6) is 2.93. The number of methoxy groups -OCH3 is 1. The number of ether oxygens (including phenoxy) is 4. The van der Waals surface area contributed by atoms with E-state index in [2.05, 4.69) is 10.6 Å². The second-order valence-corrected chi connectivity index (χ2v) is 6.14. The van der Waals surface area contributed by atoms with Crippen molar-refractivity contribution in [2.45, 2.75) is 12.5 Å². The number of hydrogen-bond donors (Lipinski definition) is 2. The van der Waals surface area contributed by atoms with Gasteiger partial charge in [0.05, 0.1) is 13.2 Å². The molecule has 0 saturated carbocycles. The van der Waals surface area contributed by atoms with Crippen LogP contribution in [0.2, 0.25) is 0 Å². The zero-order valence-corrected chi connectivity index (χ0v) is 14.4. The molecule has 0 radical (unpaired) electrons.